The topological polar surface area (TPSA) is 0 Å². The SMILES string of the molecule is CC(C)(C)c1ccc(CCc2ccc(/C=C/c3cc4ccc3CCc3ccc(c(/C=C/c5ccc(CCc6ccc(C(C)(C)C)cc6)cc5)c3)CC4)cc2)cc1. The minimum absolute atomic E-state index is 0.197. The first-order valence-electron chi connectivity index (χ1n) is 20.9. The third kappa shape index (κ3) is 10.6. The molecule has 0 heteroatoms. The minimum Gasteiger partial charge on any atom is -0.0587 e. The van der Waals surface area contributed by atoms with Gasteiger partial charge in [-0.2, -0.15) is 0 Å². The zero-order valence-electron chi connectivity index (χ0n) is 34.7. The lowest BCUT2D eigenvalue weighted by Gasteiger charge is -2.19. The van der Waals surface area contributed by atoms with Crippen LogP contribution in [-0.2, 0) is 62.2 Å². The lowest BCUT2D eigenvalue weighted by atomic mass is 9.86. The van der Waals surface area contributed by atoms with E-state index in [9.17, 15) is 0 Å². The highest BCUT2D eigenvalue weighted by Gasteiger charge is 2.14. The van der Waals surface area contributed by atoms with Gasteiger partial charge in [0.15, 0.2) is 0 Å². The van der Waals surface area contributed by atoms with Crippen LogP contribution in [0.25, 0.3) is 24.3 Å². The molecule has 0 nitrogen and oxygen atoms in total. The largest absolute Gasteiger partial charge is 0.0587 e. The van der Waals surface area contributed by atoms with Crippen molar-refractivity contribution in [2.24, 2.45) is 0 Å². The van der Waals surface area contributed by atoms with Crippen molar-refractivity contribution in [2.75, 3.05) is 0 Å². The average Bonchev–Trinajstić information content (AvgIpc) is 3.19. The van der Waals surface area contributed by atoms with Crippen LogP contribution in [0.4, 0.5) is 0 Å². The Morgan fingerprint density at radius 3 is 1.00 bits per heavy atom. The molecule has 4 aliphatic carbocycles. The molecule has 4 bridgehead atoms. The molecule has 0 spiro atoms. The zero-order chi connectivity index (χ0) is 39.1. The monoisotopic (exact) mass is 732 g/mol. The van der Waals surface area contributed by atoms with Gasteiger partial charge in [0, 0.05) is 0 Å². The summed E-state index contributed by atoms with van der Waals surface area (Å²) in [6.07, 6.45) is 17.6. The molecule has 0 radical (unpaired) electrons. The number of benzene rings is 6. The normalized spacial score (nSPS) is 13.4. The molecule has 0 saturated carbocycles. The summed E-state index contributed by atoms with van der Waals surface area (Å²) in [6, 6.07) is 50.9. The lowest BCUT2D eigenvalue weighted by molar-refractivity contribution is 0.589. The highest BCUT2D eigenvalue weighted by atomic mass is 14.2. The van der Waals surface area contributed by atoms with Crippen LogP contribution in [0.2, 0.25) is 0 Å². The van der Waals surface area contributed by atoms with E-state index in [1.807, 2.05) is 0 Å². The third-order valence-electron chi connectivity index (χ3n) is 11.7. The van der Waals surface area contributed by atoms with Gasteiger partial charge in [-0.3, -0.25) is 0 Å². The van der Waals surface area contributed by atoms with Crippen molar-refractivity contribution in [1.82, 2.24) is 0 Å². The lowest BCUT2D eigenvalue weighted by Crippen LogP contribution is -2.10. The minimum atomic E-state index is 0.197. The molecule has 0 aromatic heterocycles. The second kappa shape index (κ2) is 17.3. The first-order valence-corrected chi connectivity index (χ1v) is 20.9. The van der Waals surface area contributed by atoms with Crippen LogP contribution in [0, 0.1) is 0 Å². The van der Waals surface area contributed by atoms with E-state index in [4.69, 9.17) is 0 Å². The van der Waals surface area contributed by atoms with E-state index in [1.54, 1.807) is 0 Å². The van der Waals surface area contributed by atoms with Crippen molar-refractivity contribution >= 4 is 24.3 Å². The Hall–Kier alpha value is -5.20. The molecular formula is C56H60. The number of rotatable bonds is 10. The van der Waals surface area contributed by atoms with E-state index in [0.29, 0.717) is 0 Å². The molecule has 0 heterocycles. The van der Waals surface area contributed by atoms with Crippen LogP contribution >= 0.6 is 0 Å². The van der Waals surface area contributed by atoms with E-state index >= 15 is 0 Å². The Bertz CT molecular complexity index is 2090. The van der Waals surface area contributed by atoms with Gasteiger partial charge in [0.2, 0.25) is 0 Å². The van der Waals surface area contributed by atoms with Crippen LogP contribution in [0.3, 0.4) is 0 Å². The molecule has 6 aromatic carbocycles. The van der Waals surface area contributed by atoms with Gasteiger partial charge < -0.3 is 0 Å². The van der Waals surface area contributed by atoms with Crippen LogP contribution in [0.15, 0.2) is 133 Å². The summed E-state index contributed by atoms with van der Waals surface area (Å²) in [4.78, 5) is 0. The maximum Gasteiger partial charge on any atom is -0.0132 e. The smallest absolute Gasteiger partial charge is 0.0132 e. The van der Waals surface area contributed by atoms with Crippen LogP contribution in [-0.4, -0.2) is 0 Å². The molecule has 0 fully saturated rings. The fraction of sp³-hybridized carbons (Fsp3) is 0.286. The molecule has 10 rings (SSSR count). The van der Waals surface area contributed by atoms with E-state index in [-0.39, 0.29) is 10.8 Å². The van der Waals surface area contributed by atoms with Crippen molar-refractivity contribution in [2.45, 2.75) is 104 Å². The molecule has 0 atom stereocenters. The number of hydrogen-bond donors (Lipinski definition) is 0. The summed E-state index contributed by atoms with van der Waals surface area (Å²) in [6.45, 7) is 13.6. The fourth-order valence-electron chi connectivity index (χ4n) is 7.81. The van der Waals surface area contributed by atoms with Gasteiger partial charge in [0.25, 0.3) is 0 Å². The number of aryl methyl sites for hydroxylation is 8. The first-order chi connectivity index (χ1) is 26.9. The Morgan fingerprint density at radius 1 is 0.357 bits per heavy atom. The van der Waals surface area contributed by atoms with E-state index in [0.717, 1.165) is 51.4 Å². The van der Waals surface area contributed by atoms with E-state index in [1.165, 1.54) is 77.9 Å². The summed E-state index contributed by atoms with van der Waals surface area (Å²) in [5, 5.41) is 0. The maximum atomic E-state index is 2.43. The second-order valence-electron chi connectivity index (χ2n) is 18.1. The van der Waals surface area contributed by atoms with Crippen molar-refractivity contribution in [1.29, 1.82) is 0 Å². The molecule has 0 aliphatic heterocycles. The third-order valence-corrected chi connectivity index (χ3v) is 11.7. The predicted octanol–water partition coefficient (Wildman–Crippen LogP) is 14.1. The maximum absolute atomic E-state index is 2.43. The highest BCUT2D eigenvalue weighted by molar-refractivity contribution is 5.73. The summed E-state index contributed by atoms with van der Waals surface area (Å²) in [5.41, 5.74) is 19.6. The molecule has 56 heavy (non-hydrogen) atoms. The van der Waals surface area contributed by atoms with Gasteiger partial charge in [-0.15, -0.1) is 0 Å². The zero-order valence-corrected chi connectivity index (χ0v) is 34.7. The molecule has 6 aromatic rings. The van der Waals surface area contributed by atoms with Gasteiger partial charge in [-0.05, 0) is 140 Å². The van der Waals surface area contributed by atoms with Gasteiger partial charge in [-0.1, -0.05) is 199 Å². The Morgan fingerprint density at radius 2 is 0.679 bits per heavy atom. The Labute approximate surface area is 338 Å². The summed E-state index contributed by atoms with van der Waals surface area (Å²) in [5.74, 6) is 0. The Balaban J connectivity index is 0.956. The molecule has 284 valence electrons. The summed E-state index contributed by atoms with van der Waals surface area (Å²) >= 11 is 0. The summed E-state index contributed by atoms with van der Waals surface area (Å²) in [7, 11) is 0. The first kappa shape index (κ1) is 39.1. The highest BCUT2D eigenvalue weighted by Crippen LogP contribution is 2.26. The van der Waals surface area contributed by atoms with Gasteiger partial charge in [-0.25, -0.2) is 0 Å². The molecule has 0 N–H and O–H groups in total. The van der Waals surface area contributed by atoms with Gasteiger partial charge in [0.1, 0.15) is 0 Å². The van der Waals surface area contributed by atoms with Crippen molar-refractivity contribution in [3.63, 3.8) is 0 Å². The van der Waals surface area contributed by atoms with Crippen LogP contribution < -0.4 is 0 Å². The standard InChI is InChI=1S/C56H60/c1-55(2,3)53-35-25-45(26-36-53)17-11-41-7-13-43(14-8-41)19-33-51-39-47-21-29-49(51)31-23-48-22-30-50(32-24-47)52(40-48)34-20-44-15-9-42(10-16-44)12-18-46-27-37-54(38-28-46)56(4,5)6/h7-10,13-16,19-22,25-30,33-40H,11-12,17-18,23-24,31-32H2,1-6H3/b33-19+,34-20+. The second-order valence-corrected chi connectivity index (χ2v) is 18.1. The average molecular weight is 733 g/mol. The quantitative estimate of drug-likeness (QED) is 0.123. The van der Waals surface area contributed by atoms with Crippen molar-refractivity contribution < 1.29 is 0 Å². The molecule has 0 amide bonds. The van der Waals surface area contributed by atoms with Gasteiger partial charge >= 0.3 is 0 Å². The van der Waals surface area contributed by atoms with E-state index in [2.05, 4.69) is 199 Å². The van der Waals surface area contributed by atoms with Crippen molar-refractivity contribution in [3.05, 3.63) is 211 Å². The fourth-order valence-corrected chi connectivity index (χ4v) is 7.81. The predicted molar refractivity (Wildman–Crippen MR) is 244 cm³/mol. The molecular weight excluding hydrogens is 673 g/mol. The van der Waals surface area contributed by atoms with Crippen LogP contribution in [0.5, 0.6) is 0 Å². The summed E-state index contributed by atoms with van der Waals surface area (Å²) < 4.78 is 0. The molecule has 0 saturated heterocycles. The molecule has 0 unspecified atom stereocenters. The Kier molecular flexibility index (Phi) is 12.1. The molecule has 4 aliphatic rings. The van der Waals surface area contributed by atoms with Crippen molar-refractivity contribution in [3.8, 4) is 0 Å². The van der Waals surface area contributed by atoms with Gasteiger partial charge in [0.05, 0.1) is 0 Å². The number of hydrogen-bond acceptors (Lipinski definition) is 0. The van der Waals surface area contributed by atoms with Crippen LogP contribution in [0.1, 0.15) is 119 Å². The van der Waals surface area contributed by atoms with E-state index < -0.39 is 0 Å².